The van der Waals surface area contributed by atoms with Gasteiger partial charge in [0.1, 0.15) is 0 Å². The van der Waals surface area contributed by atoms with Crippen molar-refractivity contribution in [2.24, 2.45) is 28.6 Å². The van der Waals surface area contributed by atoms with Crippen LogP contribution in [0.15, 0.2) is 0 Å². The predicted octanol–water partition coefficient (Wildman–Crippen LogP) is 2.00. The van der Waals surface area contributed by atoms with Gasteiger partial charge in [-0.05, 0) is 18.8 Å². The molecule has 0 N–H and O–H groups in total. The highest BCUT2D eigenvalue weighted by molar-refractivity contribution is 5.77. The Morgan fingerprint density at radius 1 is 1.29 bits per heavy atom. The third-order valence-corrected chi connectivity index (χ3v) is 6.31. The lowest BCUT2D eigenvalue weighted by molar-refractivity contribution is -0.150. The molecular weight excluding hydrogens is 216 g/mol. The van der Waals surface area contributed by atoms with Crippen molar-refractivity contribution >= 4 is 5.97 Å². The number of carbonyl (C=O) groups excluding carboxylic acids is 1. The van der Waals surface area contributed by atoms with Crippen LogP contribution in [0.5, 0.6) is 0 Å². The van der Waals surface area contributed by atoms with Gasteiger partial charge in [-0.2, -0.15) is 0 Å². The first-order valence-electron chi connectivity index (χ1n) is 6.84. The zero-order valence-corrected chi connectivity index (χ0v) is 10.7. The molecule has 0 aromatic rings. The second-order valence-electron chi connectivity index (χ2n) is 6.96. The molecule has 0 aromatic heterocycles. The van der Waals surface area contributed by atoms with E-state index in [0.717, 1.165) is 6.42 Å². The molecule has 0 amide bonds. The van der Waals surface area contributed by atoms with Crippen molar-refractivity contribution in [2.45, 2.75) is 45.8 Å². The summed E-state index contributed by atoms with van der Waals surface area (Å²) in [6, 6.07) is 0. The molecule has 5 fully saturated rings. The van der Waals surface area contributed by atoms with Gasteiger partial charge in [-0.25, -0.2) is 0 Å². The number of carbonyl (C=O) groups is 1. The fourth-order valence-electron chi connectivity index (χ4n) is 5.28. The van der Waals surface area contributed by atoms with Crippen LogP contribution in [0.25, 0.3) is 0 Å². The number of hydrogen-bond acceptors (Lipinski definition) is 3. The standard InChI is InChI=1S/C14H20O3/c1-7(2)14-5-4-13(3,10-11(14)17-10)9-8(14)6-16-12(9)15/h7-11H,4-6H2,1-3H3. The highest BCUT2D eigenvalue weighted by atomic mass is 16.6. The number of cyclic esters (lactones) is 1. The molecule has 5 rings (SSSR count). The highest BCUT2D eigenvalue weighted by Crippen LogP contribution is 2.73. The molecule has 3 saturated carbocycles. The van der Waals surface area contributed by atoms with Gasteiger partial charge in [-0.15, -0.1) is 0 Å². The Hall–Kier alpha value is -0.570. The minimum Gasteiger partial charge on any atom is -0.465 e. The van der Waals surface area contributed by atoms with Crippen LogP contribution in [0.3, 0.4) is 0 Å². The van der Waals surface area contributed by atoms with Gasteiger partial charge < -0.3 is 9.47 Å². The molecule has 0 spiro atoms. The molecule has 2 aliphatic heterocycles. The molecular formula is C14H20O3. The third kappa shape index (κ3) is 0.906. The van der Waals surface area contributed by atoms with Gasteiger partial charge in [0.15, 0.2) is 0 Å². The van der Waals surface area contributed by atoms with Crippen LogP contribution < -0.4 is 0 Å². The number of hydrogen-bond donors (Lipinski definition) is 0. The molecule has 3 aliphatic carbocycles. The van der Waals surface area contributed by atoms with Crippen LogP contribution in [0.1, 0.15) is 33.6 Å². The van der Waals surface area contributed by atoms with Crippen LogP contribution in [0, 0.1) is 28.6 Å². The van der Waals surface area contributed by atoms with E-state index in [1.54, 1.807) is 0 Å². The Labute approximate surface area is 102 Å². The number of rotatable bonds is 1. The largest absolute Gasteiger partial charge is 0.465 e. The Bertz CT molecular complexity index is 404. The van der Waals surface area contributed by atoms with E-state index in [0.29, 0.717) is 30.7 Å². The van der Waals surface area contributed by atoms with Crippen molar-refractivity contribution in [3.63, 3.8) is 0 Å². The summed E-state index contributed by atoms with van der Waals surface area (Å²) in [6.07, 6.45) is 3.06. The van der Waals surface area contributed by atoms with E-state index in [1.165, 1.54) is 6.42 Å². The molecule has 3 nitrogen and oxygen atoms in total. The normalized spacial score (nSPS) is 58.9. The maximum absolute atomic E-state index is 12.1. The first-order chi connectivity index (χ1) is 8.02. The predicted molar refractivity (Wildman–Crippen MR) is 61.2 cm³/mol. The topological polar surface area (TPSA) is 38.8 Å². The zero-order valence-electron chi connectivity index (χ0n) is 10.7. The molecule has 5 aliphatic rings. The fourth-order valence-corrected chi connectivity index (χ4v) is 5.28. The van der Waals surface area contributed by atoms with E-state index in [1.807, 2.05) is 0 Å². The summed E-state index contributed by atoms with van der Waals surface area (Å²) in [7, 11) is 0. The van der Waals surface area contributed by atoms with Crippen LogP contribution in [0.2, 0.25) is 0 Å². The van der Waals surface area contributed by atoms with Gasteiger partial charge in [0.25, 0.3) is 0 Å². The van der Waals surface area contributed by atoms with E-state index in [4.69, 9.17) is 9.47 Å². The molecule has 6 unspecified atom stereocenters. The second kappa shape index (κ2) is 2.71. The average molecular weight is 236 g/mol. The number of esters is 1. The monoisotopic (exact) mass is 236 g/mol. The van der Waals surface area contributed by atoms with Crippen LogP contribution in [0.4, 0.5) is 0 Å². The van der Waals surface area contributed by atoms with Crippen molar-refractivity contribution in [3.05, 3.63) is 0 Å². The molecule has 0 radical (unpaired) electrons. The van der Waals surface area contributed by atoms with Crippen LogP contribution in [-0.4, -0.2) is 24.8 Å². The molecule has 6 atom stereocenters. The Balaban J connectivity index is 1.87. The summed E-state index contributed by atoms with van der Waals surface area (Å²) >= 11 is 0. The summed E-state index contributed by atoms with van der Waals surface area (Å²) in [5.41, 5.74) is 0.263. The Kier molecular flexibility index (Phi) is 1.65. The van der Waals surface area contributed by atoms with Crippen LogP contribution >= 0.6 is 0 Å². The lowest BCUT2D eigenvalue weighted by Crippen LogP contribution is -2.60. The first-order valence-corrected chi connectivity index (χ1v) is 6.84. The molecule has 17 heavy (non-hydrogen) atoms. The Morgan fingerprint density at radius 3 is 2.76 bits per heavy atom. The van der Waals surface area contributed by atoms with Crippen molar-refractivity contribution in [1.29, 1.82) is 0 Å². The van der Waals surface area contributed by atoms with E-state index in [-0.39, 0.29) is 22.7 Å². The van der Waals surface area contributed by atoms with Crippen molar-refractivity contribution in [3.8, 4) is 0 Å². The lowest BCUT2D eigenvalue weighted by Gasteiger charge is -2.56. The number of ether oxygens (including phenoxy) is 2. The first kappa shape index (κ1) is 10.4. The maximum atomic E-state index is 12.1. The smallest absolute Gasteiger partial charge is 0.310 e. The number of fused-ring (bicyclic) bond motifs is 1. The van der Waals surface area contributed by atoms with Crippen molar-refractivity contribution < 1.29 is 14.3 Å². The van der Waals surface area contributed by atoms with E-state index >= 15 is 0 Å². The summed E-state index contributed by atoms with van der Waals surface area (Å²) in [5, 5.41) is 0. The minimum absolute atomic E-state index is 0.0381. The van der Waals surface area contributed by atoms with E-state index < -0.39 is 0 Å². The quantitative estimate of drug-likeness (QED) is 0.516. The fraction of sp³-hybridized carbons (Fsp3) is 0.929. The van der Waals surface area contributed by atoms with Crippen molar-refractivity contribution in [1.82, 2.24) is 0 Å². The average Bonchev–Trinajstić information content (AvgIpc) is 3.00. The van der Waals surface area contributed by atoms with Gasteiger partial charge in [0, 0.05) is 16.7 Å². The Morgan fingerprint density at radius 2 is 2.06 bits per heavy atom. The van der Waals surface area contributed by atoms with Crippen LogP contribution in [-0.2, 0) is 14.3 Å². The van der Waals surface area contributed by atoms with E-state index in [9.17, 15) is 4.79 Å². The summed E-state index contributed by atoms with van der Waals surface area (Å²) in [5.74, 6) is 1.11. The van der Waals surface area contributed by atoms with E-state index in [2.05, 4.69) is 20.8 Å². The summed E-state index contributed by atoms with van der Waals surface area (Å²) in [4.78, 5) is 12.1. The van der Waals surface area contributed by atoms with Crippen molar-refractivity contribution in [2.75, 3.05) is 6.61 Å². The maximum Gasteiger partial charge on any atom is 0.310 e. The molecule has 3 heteroatoms. The lowest BCUT2D eigenvalue weighted by atomic mass is 9.43. The minimum atomic E-state index is 0.0381. The van der Waals surface area contributed by atoms with Gasteiger partial charge >= 0.3 is 5.97 Å². The summed E-state index contributed by atoms with van der Waals surface area (Å²) < 4.78 is 11.4. The molecule has 2 saturated heterocycles. The molecule has 2 bridgehead atoms. The van der Waals surface area contributed by atoms with Gasteiger partial charge in [-0.3, -0.25) is 4.79 Å². The molecule has 94 valence electrons. The molecule has 0 aromatic carbocycles. The zero-order chi connectivity index (χ0) is 12.0. The molecule has 2 heterocycles. The highest BCUT2D eigenvalue weighted by Gasteiger charge is 2.78. The third-order valence-electron chi connectivity index (χ3n) is 6.31. The summed E-state index contributed by atoms with van der Waals surface area (Å²) in [6.45, 7) is 7.44. The SMILES string of the molecule is CC(C)C12CCC(C)(C3OC31)C1C(=O)OCC12. The van der Waals surface area contributed by atoms with Gasteiger partial charge in [0.05, 0.1) is 24.7 Å². The van der Waals surface area contributed by atoms with Gasteiger partial charge in [-0.1, -0.05) is 20.8 Å². The second-order valence-corrected chi connectivity index (χ2v) is 6.96. The van der Waals surface area contributed by atoms with Gasteiger partial charge in [0.2, 0.25) is 0 Å². The number of epoxide rings is 1.